The topological polar surface area (TPSA) is 84.2 Å². The maximum absolute atomic E-state index is 14.0. The second-order valence-electron chi connectivity index (χ2n) is 9.91. The van der Waals surface area contributed by atoms with Crippen LogP contribution in [-0.4, -0.2) is 67.2 Å². The molecule has 0 saturated carbocycles. The van der Waals surface area contributed by atoms with Crippen LogP contribution in [0.2, 0.25) is 0 Å². The number of morpholine rings is 1. The molecule has 3 aromatic rings. The predicted molar refractivity (Wildman–Crippen MR) is 142 cm³/mol. The van der Waals surface area contributed by atoms with Crippen molar-refractivity contribution in [2.75, 3.05) is 39.5 Å². The zero-order valence-electron chi connectivity index (χ0n) is 21.9. The molecule has 9 heteroatoms. The molecule has 2 aliphatic rings. The zero-order valence-corrected chi connectivity index (χ0v) is 21.9. The van der Waals surface area contributed by atoms with Gasteiger partial charge in [-0.2, -0.15) is 0 Å². The first-order valence-corrected chi connectivity index (χ1v) is 13.5. The Morgan fingerprint density at radius 2 is 1.77 bits per heavy atom. The van der Waals surface area contributed by atoms with Crippen LogP contribution in [0.1, 0.15) is 46.3 Å². The SMILES string of the molecule is O=C(NCC1CCCO1)C(c1ccc(F)cc1)N(Cc1ccccc1)C(=O)c1ccc(CN2CCOCC2)o1. The zero-order chi connectivity index (χ0) is 27.0. The lowest BCUT2D eigenvalue weighted by Gasteiger charge is -2.31. The van der Waals surface area contributed by atoms with Crippen molar-refractivity contribution in [3.05, 3.63) is 95.2 Å². The number of carbonyl (C=O) groups excluding carboxylic acids is 2. The van der Waals surface area contributed by atoms with Gasteiger partial charge in [0.25, 0.3) is 5.91 Å². The molecule has 0 aliphatic carbocycles. The quantitative estimate of drug-likeness (QED) is 0.424. The van der Waals surface area contributed by atoms with E-state index in [4.69, 9.17) is 13.9 Å². The minimum atomic E-state index is -1.01. The molecule has 1 aromatic heterocycles. The number of hydrogen-bond donors (Lipinski definition) is 1. The lowest BCUT2D eigenvalue weighted by Crippen LogP contribution is -2.45. The Hall–Kier alpha value is -3.53. The fourth-order valence-electron chi connectivity index (χ4n) is 4.99. The lowest BCUT2D eigenvalue weighted by molar-refractivity contribution is -0.126. The molecule has 2 aliphatic heterocycles. The van der Waals surface area contributed by atoms with Gasteiger partial charge in [0.2, 0.25) is 5.91 Å². The van der Waals surface area contributed by atoms with E-state index in [0.717, 1.165) is 31.5 Å². The minimum absolute atomic E-state index is 0.0612. The van der Waals surface area contributed by atoms with Gasteiger partial charge in [-0.05, 0) is 48.2 Å². The summed E-state index contributed by atoms with van der Waals surface area (Å²) in [5, 5.41) is 2.97. The van der Waals surface area contributed by atoms with Gasteiger partial charge in [0.15, 0.2) is 5.76 Å². The van der Waals surface area contributed by atoms with Crippen LogP contribution in [0.5, 0.6) is 0 Å². The first-order chi connectivity index (χ1) is 19.1. The number of halogens is 1. The molecule has 2 saturated heterocycles. The molecule has 0 radical (unpaired) electrons. The van der Waals surface area contributed by atoms with E-state index in [0.29, 0.717) is 44.2 Å². The summed E-state index contributed by atoms with van der Waals surface area (Å²) in [7, 11) is 0. The van der Waals surface area contributed by atoms with Crippen LogP contribution in [0.15, 0.2) is 71.1 Å². The first kappa shape index (κ1) is 27.1. The molecule has 8 nitrogen and oxygen atoms in total. The number of nitrogens with zero attached hydrogens (tertiary/aromatic N) is 2. The highest BCUT2D eigenvalue weighted by molar-refractivity contribution is 5.96. The summed E-state index contributed by atoms with van der Waals surface area (Å²) in [6.07, 6.45) is 1.76. The van der Waals surface area contributed by atoms with Gasteiger partial charge in [-0.1, -0.05) is 42.5 Å². The van der Waals surface area contributed by atoms with Crippen LogP contribution in [-0.2, 0) is 27.4 Å². The van der Waals surface area contributed by atoms with E-state index in [-0.39, 0.29) is 24.3 Å². The maximum Gasteiger partial charge on any atom is 0.290 e. The molecule has 0 spiro atoms. The number of amides is 2. The number of nitrogens with one attached hydrogen (secondary N) is 1. The highest BCUT2D eigenvalue weighted by atomic mass is 19.1. The molecule has 39 heavy (non-hydrogen) atoms. The molecule has 5 rings (SSSR count). The van der Waals surface area contributed by atoms with Crippen molar-refractivity contribution in [3.63, 3.8) is 0 Å². The van der Waals surface area contributed by atoms with Gasteiger partial charge >= 0.3 is 0 Å². The van der Waals surface area contributed by atoms with Crippen LogP contribution < -0.4 is 5.32 Å². The monoisotopic (exact) mass is 535 g/mol. The van der Waals surface area contributed by atoms with Gasteiger partial charge in [0.05, 0.1) is 25.9 Å². The van der Waals surface area contributed by atoms with Gasteiger partial charge in [-0.3, -0.25) is 14.5 Å². The van der Waals surface area contributed by atoms with Crippen LogP contribution in [0.25, 0.3) is 0 Å². The van der Waals surface area contributed by atoms with Crippen molar-refractivity contribution in [2.24, 2.45) is 0 Å². The van der Waals surface area contributed by atoms with Crippen molar-refractivity contribution in [1.29, 1.82) is 0 Å². The third kappa shape index (κ3) is 7.11. The van der Waals surface area contributed by atoms with Crippen LogP contribution in [0, 0.1) is 5.82 Å². The van der Waals surface area contributed by atoms with Gasteiger partial charge in [-0.15, -0.1) is 0 Å². The third-order valence-corrected chi connectivity index (χ3v) is 7.09. The van der Waals surface area contributed by atoms with E-state index < -0.39 is 17.8 Å². The van der Waals surface area contributed by atoms with Crippen molar-refractivity contribution in [2.45, 2.75) is 38.1 Å². The molecular formula is C30H34FN3O5. The minimum Gasteiger partial charge on any atom is -0.455 e. The maximum atomic E-state index is 14.0. The van der Waals surface area contributed by atoms with E-state index in [1.807, 2.05) is 30.3 Å². The molecule has 2 aromatic carbocycles. The Kier molecular flexibility index (Phi) is 9.03. The van der Waals surface area contributed by atoms with Crippen LogP contribution in [0.3, 0.4) is 0 Å². The average molecular weight is 536 g/mol. The smallest absolute Gasteiger partial charge is 0.290 e. The number of benzene rings is 2. The number of carbonyl (C=O) groups is 2. The van der Waals surface area contributed by atoms with E-state index in [1.54, 1.807) is 24.3 Å². The van der Waals surface area contributed by atoms with Crippen molar-refractivity contribution >= 4 is 11.8 Å². The fourth-order valence-corrected chi connectivity index (χ4v) is 4.99. The molecule has 2 fully saturated rings. The summed E-state index contributed by atoms with van der Waals surface area (Å²) in [6.45, 7) is 4.66. The third-order valence-electron chi connectivity index (χ3n) is 7.09. The van der Waals surface area contributed by atoms with Crippen molar-refractivity contribution < 1.29 is 27.9 Å². The summed E-state index contributed by atoms with van der Waals surface area (Å²) in [4.78, 5) is 31.4. The normalized spacial score (nSPS) is 18.5. The largest absolute Gasteiger partial charge is 0.455 e. The molecule has 3 heterocycles. The summed E-state index contributed by atoms with van der Waals surface area (Å²) >= 11 is 0. The second-order valence-corrected chi connectivity index (χ2v) is 9.91. The van der Waals surface area contributed by atoms with E-state index in [1.165, 1.54) is 17.0 Å². The standard InChI is InChI=1S/C30H34FN3O5/c31-24-10-8-23(9-11-24)28(29(35)32-19-25-7-4-16-38-25)34(20-22-5-2-1-3-6-22)30(36)27-13-12-26(39-27)21-33-14-17-37-18-15-33/h1-3,5-6,8-13,25,28H,4,7,14-21H2,(H,32,35). The Morgan fingerprint density at radius 1 is 1.00 bits per heavy atom. The summed E-state index contributed by atoms with van der Waals surface area (Å²) in [6, 6.07) is 17.6. The number of furan rings is 1. The average Bonchev–Trinajstić information content (AvgIpc) is 3.66. The summed E-state index contributed by atoms with van der Waals surface area (Å²) in [5.74, 6) is -0.388. The van der Waals surface area contributed by atoms with E-state index >= 15 is 0 Å². The number of rotatable bonds is 10. The van der Waals surface area contributed by atoms with Crippen LogP contribution >= 0.6 is 0 Å². The predicted octanol–water partition coefficient (Wildman–Crippen LogP) is 3.93. The Labute approximate surface area is 227 Å². The fraction of sp³-hybridized carbons (Fsp3) is 0.400. The van der Waals surface area contributed by atoms with Crippen molar-refractivity contribution in [3.8, 4) is 0 Å². The van der Waals surface area contributed by atoms with E-state index in [9.17, 15) is 14.0 Å². The van der Waals surface area contributed by atoms with Gasteiger partial charge in [0.1, 0.15) is 17.6 Å². The molecule has 206 valence electrons. The van der Waals surface area contributed by atoms with Gasteiger partial charge in [0, 0.05) is 32.8 Å². The summed E-state index contributed by atoms with van der Waals surface area (Å²) < 4.78 is 30.9. The molecule has 2 unspecified atom stereocenters. The molecule has 2 atom stereocenters. The van der Waals surface area contributed by atoms with Crippen molar-refractivity contribution in [1.82, 2.24) is 15.1 Å². The van der Waals surface area contributed by atoms with Crippen LogP contribution in [0.4, 0.5) is 4.39 Å². The molecular weight excluding hydrogens is 501 g/mol. The Morgan fingerprint density at radius 3 is 2.49 bits per heavy atom. The lowest BCUT2D eigenvalue weighted by atomic mass is 10.0. The highest BCUT2D eigenvalue weighted by Crippen LogP contribution is 2.27. The molecule has 2 amide bonds. The first-order valence-electron chi connectivity index (χ1n) is 13.5. The molecule has 1 N–H and O–H groups in total. The van der Waals surface area contributed by atoms with E-state index in [2.05, 4.69) is 10.2 Å². The highest BCUT2D eigenvalue weighted by Gasteiger charge is 2.34. The summed E-state index contributed by atoms with van der Waals surface area (Å²) in [5.41, 5.74) is 1.36. The van der Waals surface area contributed by atoms with Gasteiger partial charge < -0.3 is 24.1 Å². The number of ether oxygens (including phenoxy) is 2. The second kappa shape index (κ2) is 13.0. The number of hydrogen-bond acceptors (Lipinski definition) is 6. The Bertz CT molecular complexity index is 1220. The Balaban J connectivity index is 1.43. The molecule has 0 bridgehead atoms. The van der Waals surface area contributed by atoms with Gasteiger partial charge in [-0.25, -0.2) is 4.39 Å².